The third-order valence-electron chi connectivity index (χ3n) is 3.30. The molecule has 0 aliphatic carbocycles. The van der Waals surface area contributed by atoms with Crippen LogP contribution in [0.25, 0.3) is 0 Å². The summed E-state index contributed by atoms with van der Waals surface area (Å²) < 4.78 is 0. The van der Waals surface area contributed by atoms with Gasteiger partial charge in [-0.15, -0.1) is 0 Å². The van der Waals surface area contributed by atoms with Crippen LogP contribution < -0.4 is 10.2 Å². The second-order valence-corrected chi connectivity index (χ2v) is 4.35. The summed E-state index contributed by atoms with van der Waals surface area (Å²) in [6, 6.07) is 4.53. The van der Waals surface area contributed by atoms with Crippen LogP contribution in [0.1, 0.15) is 16.8 Å². The molecule has 2 aliphatic rings. The minimum Gasteiger partial charge on any atom is -0.508 e. The van der Waals surface area contributed by atoms with E-state index < -0.39 is 11.7 Å². The molecule has 1 unspecified atom stereocenters. The number of amides is 1. The maximum Gasteiger partial charge on any atom is 0.299 e. The molecule has 0 radical (unpaired) electrons. The zero-order chi connectivity index (χ0) is 12.0. The zero-order valence-corrected chi connectivity index (χ0v) is 9.14. The Bertz CT molecular complexity index is 506. The van der Waals surface area contributed by atoms with E-state index in [0.29, 0.717) is 17.8 Å². The van der Waals surface area contributed by atoms with Gasteiger partial charge in [-0.2, -0.15) is 0 Å². The molecular weight excluding hydrogens is 220 g/mol. The standard InChI is InChI=1S/C12H12N2O3/c15-8-1-2-10-9(5-8)11(16)12(17)14(10)7-3-4-13-6-7/h1-2,5,7,13,15H,3-4,6H2. The number of aromatic hydroxyl groups is 1. The molecule has 2 heterocycles. The monoisotopic (exact) mass is 232 g/mol. The molecule has 17 heavy (non-hydrogen) atoms. The molecule has 5 heteroatoms. The van der Waals surface area contributed by atoms with Crippen LogP contribution in [0.15, 0.2) is 18.2 Å². The number of carbonyl (C=O) groups is 2. The largest absolute Gasteiger partial charge is 0.508 e. The number of Topliss-reactive ketones (excluding diaryl/α,β-unsaturated/α-hetero) is 1. The van der Waals surface area contributed by atoms with E-state index in [-0.39, 0.29) is 11.8 Å². The second-order valence-electron chi connectivity index (χ2n) is 4.35. The summed E-state index contributed by atoms with van der Waals surface area (Å²) in [7, 11) is 0. The Morgan fingerprint density at radius 2 is 2.18 bits per heavy atom. The number of anilines is 1. The zero-order valence-electron chi connectivity index (χ0n) is 9.14. The Morgan fingerprint density at radius 1 is 1.35 bits per heavy atom. The number of rotatable bonds is 1. The molecule has 2 N–H and O–H groups in total. The van der Waals surface area contributed by atoms with Crippen molar-refractivity contribution in [3.05, 3.63) is 23.8 Å². The van der Waals surface area contributed by atoms with E-state index in [9.17, 15) is 14.7 Å². The van der Waals surface area contributed by atoms with E-state index >= 15 is 0 Å². The van der Waals surface area contributed by atoms with E-state index in [4.69, 9.17) is 0 Å². The quantitative estimate of drug-likeness (QED) is 0.682. The normalized spacial score (nSPS) is 23.3. The van der Waals surface area contributed by atoms with Gasteiger partial charge in [0.2, 0.25) is 0 Å². The molecule has 1 saturated heterocycles. The van der Waals surface area contributed by atoms with Gasteiger partial charge < -0.3 is 15.3 Å². The van der Waals surface area contributed by atoms with Gasteiger partial charge in [0.15, 0.2) is 0 Å². The van der Waals surface area contributed by atoms with Crippen molar-refractivity contribution in [3.8, 4) is 5.75 Å². The Morgan fingerprint density at radius 3 is 2.88 bits per heavy atom. The molecular formula is C12H12N2O3. The highest BCUT2D eigenvalue weighted by molar-refractivity contribution is 6.52. The molecule has 2 aliphatic heterocycles. The Hall–Kier alpha value is -1.88. The first-order chi connectivity index (χ1) is 8.18. The fourth-order valence-corrected chi connectivity index (χ4v) is 2.47. The van der Waals surface area contributed by atoms with Gasteiger partial charge in [-0.1, -0.05) is 0 Å². The van der Waals surface area contributed by atoms with E-state index in [2.05, 4.69) is 5.32 Å². The molecule has 1 aromatic carbocycles. The van der Waals surface area contributed by atoms with Crippen molar-refractivity contribution in [2.75, 3.05) is 18.0 Å². The highest BCUT2D eigenvalue weighted by Crippen LogP contribution is 2.34. The van der Waals surface area contributed by atoms with Crippen LogP contribution in [0, 0.1) is 0 Å². The first-order valence-electron chi connectivity index (χ1n) is 5.60. The van der Waals surface area contributed by atoms with Gasteiger partial charge in [0.1, 0.15) is 5.75 Å². The fraction of sp³-hybridized carbons (Fsp3) is 0.333. The highest BCUT2D eigenvalue weighted by Gasteiger charge is 2.40. The van der Waals surface area contributed by atoms with Crippen LogP contribution in [0.3, 0.4) is 0 Å². The summed E-state index contributed by atoms with van der Waals surface area (Å²) in [6.07, 6.45) is 0.847. The molecule has 0 saturated carbocycles. The van der Waals surface area contributed by atoms with Gasteiger partial charge in [-0.25, -0.2) is 0 Å². The molecule has 3 rings (SSSR count). The number of carbonyl (C=O) groups excluding carboxylic acids is 2. The Kier molecular flexibility index (Phi) is 2.16. The lowest BCUT2D eigenvalue weighted by atomic mass is 10.1. The van der Waals surface area contributed by atoms with Crippen molar-refractivity contribution in [2.45, 2.75) is 12.5 Å². The molecule has 1 atom stereocenters. The van der Waals surface area contributed by atoms with Gasteiger partial charge >= 0.3 is 0 Å². The minimum absolute atomic E-state index is 0.0105. The molecule has 1 aromatic rings. The van der Waals surface area contributed by atoms with Crippen LogP contribution in [-0.4, -0.2) is 35.9 Å². The van der Waals surface area contributed by atoms with E-state index in [1.807, 2.05) is 0 Å². The van der Waals surface area contributed by atoms with Crippen LogP contribution in [0.4, 0.5) is 5.69 Å². The summed E-state index contributed by atoms with van der Waals surface area (Å²) in [5.74, 6) is -1.00. The lowest BCUT2D eigenvalue weighted by Gasteiger charge is -2.23. The number of nitrogens with one attached hydrogen (secondary N) is 1. The van der Waals surface area contributed by atoms with Crippen molar-refractivity contribution >= 4 is 17.4 Å². The summed E-state index contributed by atoms with van der Waals surface area (Å²) in [5, 5.41) is 12.5. The van der Waals surface area contributed by atoms with Gasteiger partial charge in [0.05, 0.1) is 17.3 Å². The van der Waals surface area contributed by atoms with Crippen LogP contribution in [0.2, 0.25) is 0 Å². The van der Waals surface area contributed by atoms with Crippen LogP contribution in [0.5, 0.6) is 5.75 Å². The number of hydrogen-bond donors (Lipinski definition) is 2. The lowest BCUT2D eigenvalue weighted by molar-refractivity contribution is -0.114. The van der Waals surface area contributed by atoms with Crippen LogP contribution >= 0.6 is 0 Å². The lowest BCUT2D eigenvalue weighted by Crippen LogP contribution is -2.40. The van der Waals surface area contributed by atoms with Crippen molar-refractivity contribution in [1.29, 1.82) is 0 Å². The number of ketones is 1. The predicted molar refractivity (Wildman–Crippen MR) is 61.2 cm³/mol. The van der Waals surface area contributed by atoms with Crippen molar-refractivity contribution in [3.63, 3.8) is 0 Å². The minimum atomic E-state index is -0.525. The molecule has 0 spiro atoms. The average molecular weight is 232 g/mol. The maximum atomic E-state index is 11.9. The highest BCUT2D eigenvalue weighted by atomic mass is 16.3. The smallest absolute Gasteiger partial charge is 0.299 e. The topological polar surface area (TPSA) is 69.6 Å². The van der Waals surface area contributed by atoms with Gasteiger partial charge in [0, 0.05) is 6.54 Å². The predicted octanol–water partition coefficient (Wildman–Crippen LogP) is 0.283. The van der Waals surface area contributed by atoms with Crippen molar-refractivity contribution in [1.82, 2.24) is 5.32 Å². The first kappa shape index (κ1) is 10.3. The van der Waals surface area contributed by atoms with Crippen LogP contribution in [-0.2, 0) is 4.79 Å². The summed E-state index contributed by atoms with van der Waals surface area (Å²) in [5.41, 5.74) is 0.924. The van der Waals surface area contributed by atoms with Gasteiger partial charge in [-0.3, -0.25) is 9.59 Å². The summed E-state index contributed by atoms with van der Waals surface area (Å²) in [4.78, 5) is 25.3. The van der Waals surface area contributed by atoms with Gasteiger partial charge in [-0.05, 0) is 31.2 Å². The van der Waals surface area contributed by atoms with E-state index in [1.54, 1.807) is 11.0 Å². The Labute approximate surface area is 98.0 Å². The number of phenolic OH excluding ortho intramolecular Hbond substituents is 1. The molecule has 1 fully saturated rings. The number of hydrogen-bond acceptors (Lipinski definition) is 4. The third-order valence-corrected chi connectivity index (χ3v) is 3.30. The molecule has 88 valence electrons. The molecule has 1 amide bonds. The average Bonchev–Trinajstić information content (AvgIpc) is 2.90. The second kappa shape index (κ2) is 3.56. The first-order valence-corrected chi connectivity index (χ1v) is 5.60. The number of nitrogens with zero attached hydrogens (tertiary/aromatic N) is 1. The Balaban J connectivity index is 2.07. The molecule has 5 nitrogen and oxygen atoms in total. The number of phenols is 1. The summed E-state index contributed by atoms with van der Waals surface area (Å²) in [6.45, 7) is 1.56. The molecule has 0 aromatic heterocycles. The van der Waals surface area contributed by atoms with Crippen molar-refractivity contribution in [2.24, 2.45) is 0 Å². The third kappa shape index (κ3) is 1.43. The fourth-order valence-electron chi connectivity index (χ4n) is 2.47. The number of fused-ring (bicyclic) bond motifs is 1. The van der Waals surface area contributed by atoms with Gasteiger partial charge in [0.25, 0.3) is 11.7 Å². The molecule has 0 bridgehead atoms. The van der Waals surface area contributed by atoms with E-state index in [0.717, 1.165) is 13.0 Å². The summed E-state index contributed by atoms with van der Waals surface area (Å²) >= 11 is 0. The SMILES string of the molecule is O=C1C(=O)N(C2CCNC2)c2ccc(O)cc21. The number of benzene rings is 1. The van der Waals surface area contributed by atoms with E-state index in [1.165, 1.54) is 12.1 Å². The van der Waals surface area contributed by atoms with Crippen molar-refractivity contribution < 1.29 is 14.7 Å². The maximum absolute atomic E-state index is 11.9.